The minimum atomic E-state index is 0.198. The molecule has 0 atom stereocenters. The molecule has 106 valence electrons. The van der Waals surface area contributed by atoms with Crippen molar-refractivity contribution >= 4 is 29.0 Å². The number of ether oxygens (including phenoxy) is 1. The predicted molar refractivity (Wildman–Crippen MR) is 84.0 cm³/mol. The molecule has 0 aliphatic rings. The van der Waals surface area contributed by atoms with Crippen LogP contribution in [0.25, 0.3) is 0 Å². The number of pyridine rings is 1. The molecule has 1 heterocycles. The molecule has 0 spiro atoms. The molecule has 5 heteroatoms. The lowest BCUT2D eigenvalue weighted by atomic mass is 10.0. The van der Waals surface area contributed by atoms with Crippen molar-refractivity contribution in [1.29, 1.82) is 0 Å². The summed E-state index contributed by atoms with van der Waals surface area (Å²) in [7, 11) is 0. The van der Waals surface area contributed by atoms with Crippen molar-refractivity contribution in [2.75, 3.05) is 5.73 Å². The largest absolute Gasteiger partial charge is 0.437 e. The van der Waals surface area contributed by atoms with Crippen LogP contribution in [0.5, 0.6) is 11.6 Å². The van der Waals surface area contributed by atoms with Crippen LogP contribution in [0.3, 0.4) is 0 Å². The van der Waals surface area contributed by atoms with Gasteiger partial charge in [-0.15, -0.1) is 0 Å². The first-order valence-electron chi connectivity index (χ1n) is 6.28. The van der Waals surface area contributed by atoms with Crippen LogP contribution in [0.4, 0.5) is 5.82 Å². The number of nitrogens with zero attached hydrogens (tertiary/aromatic N) is 1. The Morgan fingerprint density at radius 2 is 1.85 bits per heavy atom. The highest BCUT2D eigenvalue weighted by atomic mass is 35.5. The van der Waals surface area contributed by atoms with E-state index in [9.17, 15) is 0 Å². The third-order valence-corrected chi connectivity index (χ3v) is 3.58. The fraction of sp³-hybridized carbons (Fsp3) is 0.267. The fourth-order valence-corrected chi connectivity index (χ4v) is 2.12. The Kier molecular flexibility index (Phi) is 4.41. The van der Waals surface area contributed by atoms with Gasteiger partial charge in [-0.3, -0.25) is 0 Å². The van der Waals surface area contributed by atoms with Gasteiger partial charge < -0.3 is 10.5 Å². The van der Waals surface area contributed by atoms with Crippen LogP contribution in [0, 0.1) is 6.92 Å². The molecule has 0 unspecified atom stereocenters. The molecular weight excluding hydrogens is 295 g/mol. The average Bonchev–Trinajstić information content (AvgIpc) is 2.38. The number of anilines is 1. The van der Waals surface area contributed by atoms with E-state index in [4.69, 9.17) is 33.7 Å². The van der Waals surface area contributed by atoms with Gasteiger partial charge in [0.15, 0.2) is 0 Å². The number of rotatable bonds is 3. The molecule has 2 aromatic rings. The third-order valence-electron chi connectivity index (χ3n) is 3.01. The van der Waals surface area contributed by atoms with Gasteiger partial charge in [0.25, 0.3) is 0 Å². The van der Waals surface area contributed by atoms with Gasteiger partial charge >= 0.3 is 0 Å². The van der Waals surface area contributed by atoms with Crippen molar-refractivity contribution in [3.05, 3.63) is 45.4 Å². The van der Waals surface area contributed by atoms with Crippen LogP contribution in [0.2, 0.25) is 10.0 Å². The van der Waals surface area contributed by atoms with Crippen molar-refractivity contribution in [2.24, 2.45) is 0 Å². The molecule has 20 heavy (non-hydrogen) atoms. The molecule has 1 aromatic carbocycles. The number of nitrogen functional groups attached to an aromatic ring is 1. The zero-order valence-corrected chi connectivity index (χ0v) is 13.1. The summed E-state index contributed by atoms with van der Waals surface area (Å²) in [6.07, 6.45) is 0. The average molecular weight is 311 g/mol. The number of aryl methyl sites for hydroxylation is 1. The summed E-state index contributed by atoms with van der Waals surface area (Å²) in [5.74, 6) is 1.59. The molecule has 0 saturated heterocycles. The zero-order chi connectivity index (χ0) is 14.9. The summed E-state index contributed by atoms with van der Waals surface area (Å²) in [5.41, 5.74) is 7.86. The second-order valence-electron chi connectivity index (χ2n) is 4.92. The van der Waals surface area contributed by atoms with Crippen LogP contribution in [0.15, 0.2) is 24.3 Å². The molecule has 1 aromatic heterocycles. The Labute approximate surface area is 128 Å². The Morgan fingerprint density at radius 3 is 2.50 bits per heavy atom. The quantitative estimate of drug-likeness (QED) is 0.848. The fourth-order valence-electron chi connectivity index (χ4n) is 1.72. The molecule has 0 radical (unpaired) electrons. The van der Waals surface area contributed by atoms with Gasteiger partial charge in [-0.05, 0) is 36.1 Å². The van der Waals surface area contributed by atoms with Crippen LogP contribution in [-0.2, 0) is 0 Å². The van der Waals surface area contributed by atoms with Gasteiger partial charge in [0.1, 0.15) is 16.6 Å². The normalized spacial score (nSPS) is 10.9. The van der Waals surface area contributed by atoms with Crippen LogP contribution < -0.4 is 10.5 Å². The molecule has 2 N–H and O–H groups in total. The van der Waals surface area contributed by atoms with E-state index in [0.29, 0.717) is 21.7 Å². The van der Waals surface area contributed by atoms with E-state index in [-0.39, 0.29) is 11.7 Å². The van der Waals surface area contributed by atoms with E-state index in [1.807, 2.05) is 19.1 Å². The first-order valence-corrected chi connectivity index (χ1v) is 7.04. The molecular formula is C15H16Cl2N2O. The number of hydrogen-bond acceptors (Lipinski definition) is 3. The van der Waals surface area contributed by atoms with Crippen molar-refractivity contribution in [2.45, 2.75) is 26.7 Å². The summed E-state index contributed by atoms with van der Waals surface area (Å²) >= 11 is 11.9. The molecule has 0 fully saturated rings. The smallest absolute Gasteiger partial charge is 0.240 e. The SMILES string of the molecule is Cc1ccc(C(C)C)cc1Oc1nc(N)c(Cl)cc1Cl. The second kappa shape index (κ2) is 5.90. The highest BCUT2D eigenvalue weighted by Gasteiger charge is 2.12. The molecule has 2 rings (SSSR count). The minimum absolute atomic E-state index is 0.198. The maximum Gasteiger partial charge on any atom is 0.240 e. The number of aromatic nitrogens is 1. The van der Waals surface area contributed by atoms with Crippen LogP contribution in [0.1, 0.15) is 30.9 Å². The molecule has 0 saturated carbocycles. The van der Waals surface area contributed by atoms with Crippen molar-refractivity contribution < 1.29 is 4.74 Å². The van der Waals surface area contributed by atoms with Gasteiger partial charge in [-0.2, -0.15) is 4.98 Å². The Morgan fingerprint density at radius 1 is 1.15 bits per heavy atom. The Hall–Kier alpha value is -1.45. The number of halogens is 2. The lowest BCUT2D eigenvalue weighted by Crippen LogP contribution is -1.98. The first-order chi connectivity index (χ1) is 9.38. The van der Waals surface area contributed by atoms with E-state index in [1.165, 1.54) is 11.6 Å². The maximum atomic E-state index is 6.08. The Bertz CT molecular complexity index is 642. The maximum absolute atomic E-state index is 6.08. The van der Waals surface area contributed by atoms with Gasteiger partial charge in [0.05, 0.1) is 5.02 Å². The van der Waals surface area contributed by atoms with E-state index in [1.54, 1.807) is 0 Å². The van der Waals surface area contributed by atoms with Gasteiger partial charge in [0.2, 0.25) is 5.88 Å². The molecule has 0 aliphatic heterocycles. The predicted octanol–water partition coefficient (Wildman–Crippen LogP) is 5.19. The molecule has 0 bridgehead atoms. The lowest BCUT2D eigenvalue weighted by molar-refractivity contribution is 0.459. The van der Waals surface area contributed by atoms with Gasteiger partial charge in [0, 0.05) is 0 Å². The number of benzene rings is 1. The van der Waals surface area contributed by atoms with E-state index in [2.05, 4.69) is 24.9 Å². The molecule has 0 amide bonds. The van der Waals surface area contributed by atoms with Gasteiger partial charge in [-0.25, -0.2) is 0 Å². The van der Waals surface area contributed by atoms with E-state index >= 15 is 0 Å². The van der Waals surface area contributed by atoms with E-state index < -0.39 is 0 Å². The Balaban J connectivity index is 2.39. The third kappa shape index (κ3) is 3.17. The van der Waals surface area contributed by atoms with Crippen molar-refractivity contribution in [3.63, 3.8) is 0 Å². The summed E-state index contributed by atoms with van der Waals surface area (Å²) in [6.45, 7) is 6.21. The summed E-state index contributed by atoms with van der Waals surface area (Å²) in [6, 6.07) is 7.61. The topological polar surface area (TPSA) is 48.1 Å². The molecule has 3 nitrogen and oxygen atoms in total. The highest BCUT2D eigenvalue weighted by Crippen LogP contribution is 2.34. The monoisotopic (exact) mass is 310 g/mol. The number of nitrogens with two attached hydrogens (primary N) is 1. The van der Waals surface area contributed by atoms with E-state index in [0.717, 1.165) is 5.56 Å². The highest BCUT2D eigenvalue weighted by molar-refractivity contribution is 6.36. The van der Waals surface area contributed by atoms with Crippen LogP contribution in [-0.4, -0.2) is 4.98 Å². The second-order valence-corrected chi connectivity index (χ2v) is 5.74. The summed E-state index contributed by atoms with van der Waals surface area (Å²) in [4.78, 5) is 4.07. The summed E-state index contributed by atoms with van der Waals surface area (Å²) < 4.78 is 5.78. The first kappa shape index (κ1) is 14.9. The lowest BCUT2D eigenvalue weighted by Gasteiger charge is -2.13. The number of hydrogen-bond donors (Lipinski definition) is 1. The summed E-state index contributed by atoms with van der Waals surface area (Å²) in [5, 5.41) is 0.647. The minimum Gasteiger partial charge on any atom is -0.437 e. The van der Waals surface area contributed by atoms with Crippen molar-refractivity contribution in [3.8, 4) is 11.6 Å². The standard InChI is InChI=1S/C15H16Cl2N2O/c1-8(2)10-5-4-9(3)13(6-10)20-15-12(17)7-11(16)14(18)19-15/h4-8H,1-3H3,(H2,18,19). The van der Waals surface area contributed by atoms with Gasteiger partial charge in [-0.1, -0.05) is 49.2 Å². The van der Waals surface area contributed by atoms with Crippen molar-refractivity contribution in [1.82, 2.24) is 4.98 Å². The molecule has 0 aliphatic carbocycles. The zero-order valence-electron chi connectivity index (χ0n) is 11.6. The van der Waals surface area contributed by atoms with Crippen LogP contribution >= 0.6 is 23.2 Å².